The van der Waals surface area contributed by atoms with Gasteiger partial charge in [-0.05, 0) is 36.8 Å². The Hall–Kier alpha value is -3.35. The normalized spacial score (nSPS) is 15.3. The van der Waals surface area contributed by atoms with Gasteiger partial charge < -0.3 is 4.74 Å². The quantitative estimate of drug-likeness (QED) is 0.375. The zero-order valence-electron chi connectivity index (χ0n) is 12.5. The van der Waals surface area contributed by atoms with Crippen molar-refractivity contribution in [3.8, 4) is 0 Å². The number of carbonyl (C=O) groups is 1. The molecule has 1 heterocycles. The standard InChI is InChI=1S/C17H11FN2O4/c1-10-2-5-12(9-15(10)20(22)23)16-19-14(17(21)24-16)8-11-3-6-13(18)7-4-11/h2-9H,1H3/b14-8+. The van der Waals surface area contributed by atoms with Crippen LogP contribution in [-0.2, 0) is 9.53 Å². The average molecular weight is 326 g/mol. The second kappa shape index (κ2) is 6.04. The summed E-state index contributed by atoms with van der Waals surface area (Å²) in [6, 6.07) is 9.99. The van der Waals surface area contributed by atoms with Crippen LogP contribution in [-0.4, -0.2) is 16.8 Å². The highest BCUT2D eigenvalue weighted by molar-refractivity contribution is 6.13. The molecule has 120 valence electrons. The Kier molecular flexibility index (Phi) is 3.91. The summed E-state index contributed by atoms with van der Waals surface area (Å²) in [5, 5.41) is 11.0. The summed E-state index contributed by atoms with van der Waals surface area (Å²) in [6.45, 7) is 1.62. The van der Waals surface area contributed by atoms with Crippen molar-refractivity contribution in [1.29, 1.82) is 0 Å². The lowest BCUT2D eigenvalue weighted by Gasteiger charge is -2.01. The minimum atomic E-state index is -0.669. The Labute approximate surface area is 136 Å². The van der Waals surface area contributed by atoms with Gasteiger partial charge in [-0.3, -0.25) is 10.1 Å². The van der Waals surface area contributed by atoms with Crippen molar-refractivity contribution in [2.45, 2.75) is 6.92 Å². The van der Waals surface area contributed by atoms with Crippen molar-refractivity contribution < 1.29 is 18.8 Å². The number of hydrogen-bond donors (Lipinski definition) is 0. The molecule has 0 saturated heterocycles. The topological polar surface area (TPSA) is 81.8 Å². The monoisotopic (exact) mass is 326 g/mol. The van der Waals surface area contributed by atoms with Gasteiger partial charge in [0.05, 0.1) is 4.92 Å². The molecule has 2 aromatic carbocycles. The third-order valence-corrected chi connectivity index (χ3v) is 3.45. The molecule has 0 radical (unpaired) electrons. The van der Waals surface area contributed by atoms with E-state index in [4.69, 9.17) is 4.74 Å². The molecule has 0 N–H and O–H groups in total. The van der Waals surface area contributed by atoms with Crippen LogP contribution in [0.25, 0.3) is 6.08 Å². The number of rotatable bonds is 3. The van der Waals surface area contributed by atoms with E-state index in [1.807, 2.05) is 0 Å². The molecule has 0 amide bonds. The van der Waals surface area contributed by atoms with Crippen LogP contribution >= 0.6 is 0 Å². The van der Waals surface area contributed by atoms with E-state index in [0.717, 1.165) is 0 Å². The second-order valence-electron chi connectivity index (χ2n) is 5.15. The molecule has 0 spiro atoms. The zero-order valence-corrected chi connectivity index (χ0v) is 12.5. The van der Waals surface area contributed by atoms with Crippen molar-refractivity contribution in [3.05, 3.63) is 80.8 Å². The van der Waals surface area contributed by atoms with Crippen molar-refractivity contribution in [3.63, 3.8) is 0 Å². The first-order chi connectivity index (χ1) is 11.4. The maximum absolute atomic E-state index is 12.9. The van der Waals surface area contributed by atoms with Crippen LogP contribution < -0.4 is 0 Å². The van der Waals surface area contributed by atoms with Crippen LogP contribution in [0.3, 0.4) is 0 Å². The summed E-state index contributed by atoms with van der Waals surface area (Å²) in [7, 11) is 0. The summed E-state index contributed by atoms with van der Waals surface area (Å²) >= 11 is 0. The third-order valence-electron chi connectivity index (χ3n) is 3.45. The number of hydrogen-bond acceptors (Lipinski definition) is 5. The fraction of sp³-hybridized carbons (Fsp3) is 0.0588. The highest BCUT2D eigenvalue weighted by Crippen LogP contribution is 2.24. The van der Waals surface area contributed by atoms with Crippen LogP contribution in [0.1, 0.15) is 16.7 Å². The van der Waals surface area contributed by atoms with Crippen molar-refractivity contribution in [2.75, 3.05) is 0 Å². The zero-order chi connectivity index (χ0) is 17.3. The van der Waals surface area contributed by atoms with Crippen molar-refractivity contribution in [1.82, 2.24) is 0 Å². The van der Waals surface area contributed by atoms with E-state index in [0.29, 0.717) is 16.7 Å². The van der Waals surface area contributed by atoms with Crippen LogP contribution in [0.4, 0.5) is 10.1 Å². The second-order valence-corrected chi connectivity index (χ2v) is 5.15. The lowest BCUT2D eigenvalue weighted by Crippen LogP contribution is -2.06. The average Bonchev–Trinajstić information content (AvgIpc) is 2.90. The molecular formula is C17H11FN2O4. The molecule has 0 aliphatic carbocycles. The molecule has 0 saturated carbocycles. The van der Waals surface area contributed by atoms with Crippen LogP contribution in [0.5, 0.6) is 0 Å². The van der Waals surface area contributed by atoms with Gasteiger partial charge in [0.1, 0.15) is 5.82 Å². The van der Waals surface area contributed by atoms with E-state index in [9.17, 15) is 19.3 Å². The largest absolute Gasteiger partial charge is 0.402 e. The molecule has 0 bridgehead atoms. The molecule has 0 aromatic heterocycles. The van der Waals surface area contributed by atoms with E-state index in [1.54, 1.807) is 19.1 Å². The Bertz CT molecular complexity index is 901. The fourth-order valence-electron chi connectivity index (χ4n) is 2.19. The molecule has 1 aliphatic heterocycles. The minimum Gasteiger partial charge on any atom is -0.402 e. The molecule has 7 heteroatoms. The first kappa shape index (κ1) is 15.5. The van der Waals surface area contributed by atoms with E-state index >= 15 is 0 Å². The molecule has 24 heavy (non-hydrogen) atoms. The summed E-state index contributed by atoms with van der Waals surface area (Å²) in [6.07, 6.45) is 1.46. The molecule has 0 fully saturated rings. The van der Waals surface area contributed by atoms with Gasteiger partial charge in [-0.2, -0.15) is 0 Å². The maximum Gasteiger partial charge on any atom is 0.363 e. The van der Waals surface area contributed by atoms with Gasteiger partial charge in [-0.1, -0.05) is 18.2 Å². The molecule has 1 aliphatic rings. The lowest BCUT2D eigenvalue weighted by atomic mass is 10.1. The number of aliphatic imine (C=N–C) groups is 1. The summed E-state index contributed by atoms with van der Waals surface area (Å²) in [5.74, 6) is -1.06. The molecule has 0 unspecified atom stereocenters. The number of esters is 1. The van der Waals surface area contributed by atoms with Gasteiger partial charge in [0.15, 0.2) is 5.70 Å². The number of cyclic esters (lactones) is 1. The Morgan fingerprint density at radius 1 is 1.21 bits per heavy atom. The predicted molar refractivity (Wildman–Crippen MR) is 84.8 cm³/mol. The summed E-state index contributed by atoms with van der Waals surface area (Å²) < 4.78 is 18.0. The van der Waals surface area contributed by atoms with E-state index in [1.165, 1.54) is 36.4 Å². The first-order valence-electron chi connectivity index (χ1n) is 6.97. The Morgan fingerprint density at radius 3 is 2.58 bits per heavy atom. The molecular weight excluding hydrogens is 315 g/mol. The number of ether oxygens (including phenoxy) is 1. The van der Waals surface area contributed by atoms with E-state index in [-0.39, 0.29) is 23.1 Å². The molecule has 3 rings (SSSR count). The van der Waals surface area contributed by atoms with Crippen LogP contribution in [0, 0.1) is 22.9 Å². The number of nitro benzene ring substituents is 1. The number of nitro groups is 1. The van der Waals surface area contributed by atoms with Gasteiger partial charge in [-0.25, -0.2) is 14.2 Å². The lowest BCUT2D eigenvalue weighted by molar-refractivity contribution is -0.385. The Balaban J connectivity index is 1.96. The van der Waals surface area contributed by atoms with E-state index < -0.39 is 10.9 Å². The van der Waals surface area contributed by atoms with Gasteiger partial charge in [0.2, 0.25) is 5.90 Å². The number of benzene rings is 2. The predicted octanol–water partition coefficient (Wildman–Crippen LogP) is 3.39. The number of nitrogens with zero attached hydrogens (tertiary/aromatic N) is 2. The van der Waals surface area contributed by atoms with Crippen molar-refractivity contribution >= 4 is 23.6 Å². The van der Waals surface area contributed by atoms with E-state index in [2.05, 4.69) is 4.99 Å². The molecule has 2 aromatic rings. The highest BCUT2D eigenvalue weighted by Gasteiger charge is 2.25. The first-order valence-corrected chi connectivity index (χ1v) is 6.97. The van der Waals surface area contributed by atoms with Crippen LogP contribution in [0.15, 0.2) is 53.2 Å². The van der Waals surface area contributed by atoms with Gasteiger partial charge >= 0.3 is 5.97 Å². The summed E-state index contributed by atoms with van der Waals surface area (Å²) in [4.78, 5) is 26.5. The number of halogens is 1. The van der Waals surface area contributed by atoms with Crippen LogP contribution in [0.2, 0.25) is 0 Å². The Morgan fingerprint density at radius 2 is 1.92 bits per heavy atom. The number of aryl methyl sites for hydroxylation is 1. The molecule has 6 nitrogen and oxygen atoms in total. The van der Waals surface area contributed by atoms with Gasteiger partial charge in [0, 0.05) is 17.2 Å². The fourth-order valence-corrected chi connectivity index (χ4v) is 2.19. The SMILES string of the molecule is Cc1ccc(C2=N/C(=C/c3ccc(F)cc3)C(=O)O2)cc1[N+](=O)[O-]. The minimum absolute atomic E-state index is 0.00328. The van der Waals surface area contributed by atoms with Gasteiger partial charge in [-0.15, -0.1) is 0 Å². The number of carbonyl (C=O) groups excluding carboxylic acids is 1. The summed E-state index contributed by atoms with van der Waals surface area (Å²) in [5.41, 5.74) is 1.38. The smallest absolute Gasteiger partial charge is 0.363 e. The highest BCUT2D eigenvalue weighted by atomic mass is 19.1. The maximum atomic E-state index is 12.9. The van der Waals surface area contributed by atoms with Gasteiger partial charge in [0.25, 0.3) is 5.69 Å². The van der Waals surface area contributed by atoms with Crippen molar-refractivity contribution in [2.24, 2.45) is 4.99 Å². The third kappa shape index (κ3) is 3.05. The molecule has 0 atom stereocenters.